The summed E-state index contributed by atoms with van der Waals surface area (Å²) < 4.78 is 22.6. The van der Waals surface area contributed by atoms with Crippen LogP contribution in [0.5, 0.6) is 0 Å². The third kappa shape index (κ3) is 2.84. The number of halogens is 3. The molecule has 0 aromatic heterocycles. The summed E-state index contributed by atoms with van der Waals surface area (Å²) in [5.41, 5.74) is 2.02. The van der Waals surface area contributed by atoms with E-state index in [1.54, 1.807) is 18.2 Å². The van der Waals surface area contributed by atoms with E-state index in [-0.39, 0.29) is 4.90 Å². The number of sulfone groups is 1. The Morgan fingerprint density at radius 3 is 2.00 bits per heavy atom. The van der Waals surface area contributed by atoms with Crippen LogP contribution in [-0.2, 0) is 9.84 Å². The van der Waals surface area contributed by atoms with E-state index >= 15 is 0 Å². The zero-order valence-corrected chi connectivity index (χ0v) is 13.7. The van der Waals surface area contributed by atoms with Crippen LogP contribution in [0.1, 0.15) is 11.1 Å². The lowest BCUT2D eigenvalue weighted by Gasteiger charge is -2.14. The highest BCUT2D eigenvalue weighted by atomic mass is 80.0. The molecular weight excluding hydrogens is 412 g/mol. The number of hydrogen-bond donors (Lipinski definition) is 0. The van der Waals surface area contributed by atoms with Gasteiger partial charge < -0.3 is 0 Å². The molecule has 0 atom stereocenters. The molecule has 84 valence electrons. The van der Waals surface area contributed by atoms with Crippen LogP contribution in [0.25, 0.3) is 0 Å². The second-order valence-electron chi connectivity index (χ2n) is 3.20. The van der Waals surface area contributed by atoms with E-state index in [4.69, 9.17) is 0 Å². The van der Waals surface area contributed by atoms with Crippen molar-refractivity contribution in [1.29, 1.82) is 0 Å². The van der Waals surface area contributed by atoms with Crippen molar-refractivity contribution in [2.45, 2.75) is 20.2 Å². The average Bonchev–Trinajstić information content (AvgIpc) is 2.07. The maximum atomic E-state index is 12.0. The standard InChI is InChI=1S/C9H9Br3O2S/c1-6-3-4-8(5-7(6)2)15(13,14)9(10,11)12/h3-5H,1-2H3. The minimum absolute atomic E-state index is 0.274. The molecule has 0 aliphatic heterocycles. The van der Waals surface area contributed by atoms with Crippen molar-refractivity contribution in [3.8, 4) is 0 Å². The normalized spacial score (nSPS) is 12.9. The molecule has 0 N–H and O–H groups in total. The van der Waals surface area contributed by atoms with Crippen LogP contribution < -0.4 is 0 Å². The Morgan fingerprint density at radius 1 is 1.07 bits per heavy atom. The molecule has 0 radical (unpaired) electrons. The van der Waals surface area contributed by atoms with Crippen molar-refractivity contribution >= 4 is 57.6 Å². The second-order valence-corrected chi connectivity index (χ2v) is 13.6. The SMILES string of the molecule is Cc1ccc(S(=O)(=O)C(Br)(Br)Br)cc1C. The molecular formula is C9H9Br3O2S. The highest BCUT2D eigenvalue weighted by molar-refractivity contribution is 9.42. The van der Waals surface area contributed by atoms with Gasteiger partial charge in [-0.1, -0.05) is 6.07 Å². The second kappa shape index (κ2) is 4.47. The molecule has 15 heavy (non-hydrogen) atoms. The Bertz CT molecular complexity index is 475. The van der Waals surface area contributed by atoms with Gasteiger partial charge in [0, 0.05) is 0 Å². The Labute approximate surface area is 115 Å². The van der Waals surface area contributed by atoms with Crippen LogP contribution in [0.15, 0.2) is 23.1 Å². The third-order valence-corrected chi connectivity index (χ3v) is 7.41. The number of rotatable bonds is 1. The summed E-state index contributed by atoms with van der Waals surface area (Å²) in [4.78, 5) is 0.274. The van der Waals surface area contributed by atoms with Crippen molar-refractivity contribution in [3.63, 3.8) is 0 Å². The lowest BCUT2D eigenvalue weighted by Crippen LogP contribution is -2.17. The van der Waals surface area contributed by atoms with Gasteiger partial charge in [-0.2, -0.15) is 0 Å². The van der Waals surface area contributed by atoms with E-state index in [0.717, 1.165) is 11.1 Å². The van der Waals surface area contributed by atoms with Crippen molar-refractivity contribution in [2.75, 3.05) is 0 Å². The van der Waals surface area contributed by atoms with Gasteiger partial charge in [-0.15, -0.1) is 0 Å². The van der Waals surface area contributed by atoms with Gasteiger partial charge in [-0.05, 0) is 84.9 Å². The molecule has 0 saturated carbocycles. The molecule has 2 nitrogen and oxygen atoms in total. The van der Waals surface area contributed by atoms with Crippen molar-refractivity contribution in [1.82, 2.24) is 0 Å². The van der Waals surface area contributed by atoms with Crippen molar-refractivity contribution < 1.29 is 8.42 Å². The number of hydrogen-bond acceptors (Lipinski definition) is 2. The summed E-state index contributed by atoms with van der Waals surface area (Å²) in [7, 11) is -3.47. The van der Waals surface area contributed by atoms with Crippen molar-refractivity contribution in [2.24, 2.45) is 0 Å². The maximum absolute atomic E-state index is 12.0. The average molecular weight is 421 g/mol. The Morgan fingerprint density at radius 2 is 1.60 bits per heavy atom. The molecule has 0 bridgehead atoms. The zero-order chi connectivity index (χ0) is 11.9. The Kier molecular flexibility index (Phi) is 4.07. The van der Waals surface area contributed by atoms with E-state index < -0.39 is 11.3 Å². The number of benzene rings is 1. The van der Waals surface area contributed by atoms with E-state index in [0.29, 0.717) is 0 Å². The maximum Gasteiger partial charge on any atom is 0.239 e. The molecule has 0 unspecified atom stereocenters. The molecule has 1 aromatic carbocycles. The molecule has 0 heterocycles. The lowest BCUT2D eigenvalue weighted by atomic mass is 10.1. The minimum Gasteiger partial charge on any atom is -0.220 e. The van der Waals surface area contributed by atoms with Crippen molar-refractivity contribution in [3.05, 3.63) is 29.3 Å². The summed E-state index contributed by atoms with van der Waals surface area (Å²) in [6.45, 7) is 3.82. The third-order valence-electron chi connectivity index (χ3n) is 2.09. The van der Waals surface area contributed by atoms with Gasteiger partial charge in [0.25, 0.3) is 0 Å². The van der Waals surface area contributed by atoms with E-state index in [1.807, 2.05) is 13.8 Å². The van der Waals surface area contributed by atoms with E-state index in [9.17, 15) is 8.42 Å². The van der Waals surface area contributed by atoms with Gasteiger partial charge in [0.2, 0.25) is 11.3 Å². The quantitative estimate of drug-likeness (QED) is 0.646. The Balaban J connectivity index is 3.36. The largest absolute Gasteiger partial charge is 0.239 e. The summed E-state index contributed by atoms with van der Waals surface area (Å²) in [5, 5.41) is 0. The molecule has 0 aliphatic carbocycles. The lowest BCUT2D eigenvalue weighted by molar-refractivity contribution is 0.598. The summed E-state index contributed by atoms with van der Waals surface area (Å²) in [6, 6.07) is 5.04. The first-order chi connectivity index (χ1) is 6.66. The summed E-state index contributed by atoms with van der Waals surface area (Å²) in [6.07, 6.45) is 0. The van der Waals surface area contributed by atoms with Crippen LogP contribution in [0.2, 0.25) is 0 Å². The first kappa shape index (κ1) is 13.7. The van der Waals surface area contributed by atoms with E-state index in [1.165, 1.54) is 0 Å². The fourth-order valence-electron chi connectivity index (χ4n) is 1.01. The monoisotopic (exact) mass is 418 g/mol. The van der Waals surface area contributed by atoms with Crippen LogP contribution >= 0.6 is 47.8 Å². The molecule has 0 aliphatic rings. The fraction of sp³-hybridized carbons (Fsp3) is 0.333. The number of aryl methyl sites for hydroxylation is 2. The molecule has 0 fully saturated rings. The van der Waals surface area contributed by atoms with E-state index in [2.05, 4.69) is 47.8 Å². The molecule has 0 spiro atoms. The van der Waals surface area contributed by atoms with Crippen LogP contribution in [0.3, 0.4) is 0 Å². The smallest absolute Gasteiger partial charge is 0.220 e. The molecule has 6 heteroatoms. The highest BCUT2D eigenvalue weighted by Gasteiger charge is 2.37. The topological polar surface area (TPSA) is 34.1 Å². The van der Waals surface area contributed by atoms with Gasteiger partial charge in [-0.3, -0.25) is 0 Å². The predicted molar refractivity (Wildman–Crippen MR) is 72.6 cm³/mol. The molecule has 1 aromatic rings. The van der Waals surface area contributed by atoms with Gasteiger partial charge in [0.15, 0.2) is 0 Å². The van der Waals surface area contributed by atoms with Gasteiger partial charge >= 0.3 is 0 Å². The first-order valence-electron chi connectivity index (χ1n) is 4.05. The molecule has 0 amide bonds. The molecule has 1 rings (SSSR count). The molecule has 0 saturated heterocycles. The Hall–Kier alpha value is 0.610. The van der Waals surface area contributed by atoms with Gasteiger partial charge in [0.1, 0.15) is 0 Å². The van der Waals surface area contributed by atoms with Crippen LogP contribution in [0.4, 0.5) is 0 Å². The highest BCUT2D eigenvalue weighted by Crippen LogP contribution is 2.43. The van der Waals surface area contributed by atoms with Crippen LogP contribution in [0, 0.1) is 13.8 Å². The zero-order valence-electron chi connectivity index (χ0n) is 8.09. The predicted octanol–water partition coefficient (Wildman–Crippen LogP) is 3.87. The first-order valence-corrected chi connectivity index (χ1v) is 7.91. The summed E-state index contributed by atoms with van der Waals surface area (Å²) >= 11 is 9.08. The van der Waals surface area contributed by atoms with Gasteiger partial charge in [0.05, 0.1) is 4.90 Å². The summed E-state index contributed by atoms with van der Waals surface area (Å²) in [5.74, 6) is 0. The van der Waals surface area contributed by atoms with Crippen LogP contribution in [-0.4, -0.2) is 9.89 Å². The minimum atomic E-state index is -3.47. The van der Waals surface area contributed by atoms with Gasteiger partial charge in [-0.25, -0.2) is 8.42 Å². The number of alkyl halides is 3. The fourth-order valence-corrected chi connectivity index (χ4v) is 3.54.